The van der Waals surface area contributed by atoms with Gasteiger partial charge >= 0.3 is 0 Å². The molecule has 0 atom stereocenters. The quantitative estimate of drug-likeness (QED) is 0.814. The SMILES string of the molecule is O=S(=O)(c1cccc(-n2cnnn2)c1)N1CCCC1. The molecule has 7 nitrogen and oxygen atoms in total. The van der Waals surface area contributed by atoms with E-state index in [4.69, 9.17) is 0 Å². The van der Waals surface area contributed by atoms with Gasteiger partial charge in [-0.05, 0) is 41.5 Å². The fourth-order valence-corrected chi connectivity index (χ4v) is 3.70. The monoisotopic (exact) mass is 279 g/mol. The van der Waals surface area contributed by atoms with Crippen LogP contribution in [0.15, 0.2) is 35.5 Å². The Morgan fingerprint density at radius 2 is 1.95 bits per heavy atom. The Labute approximate surface area is 110 Å². The normalized spacial score (nSPS) is 16.8. The number of sulfonamides is 1. The molecule has 3 rings (SSSR count). The van der Waals surface area contributed by atoms with Gasteiger partial charge in [-0.15, -0.1) is 5.10 Å². The Balaban J connectivity index is 1.99. The van der Waals surface area contributed by atoms with Crippen molar-refractivity contribution >= 4 is 10.0 Å². The van der Waals surface area contributed by atoms with Gasteiger partial charge in [-0.3, -0.25) is 0 Å². The van der Waals surface area contributed by atoms with E-state index in [9.17, 15) is 8.42 Å². The van der Waals surface area contributed by atoms with Crippen LogP contribution in [0.4, 0.5) is 0 Å². The topological polar surface area (TPSA) is 81.0 Å². The maximum atomic E-state index is 12.4. The number of tetrazole rings is 1. The highest BCUT2D eigenvalue weighted by atomic mass is 32.2. The molecule has 0 radical (unpaired) electrons. The third-order valence-electron chi connectivity index (χ3n) is 3.13. The molecule has 1 aromatic heterocycles. The number of benzene rings is 1. The fraction of sp³-hybridized carbons (Fsp3) is 0.364. The van der Waals surface area contributed by atoms with Gasteiger partial charge in [-0.2, -0.15) is 4.31 Å². The van der Waals surface area contributed by atoms with E-state index >= 15 is 0 Å². The third kappa shape index (κ3) is 2.24. The van der Waals surface area contributed by atoms with E-state index in [0.29, 0.717) is 18.8 Å². The van der Waals surface area contributed by atoms with Crippen LogP contribution in [0.5, 0.6) is 0 Å². The van der Waals surface area contributed by atoms with Crippen LogP contribution in [0.25, 0.3) is 5.69 Å². The van der Waals surface area contributed by atoms with Gasteiger partial charge in [0, 0.05) is 13.1 Å². The summed E-state index contributed by atoms with van der Waals surface area (Å²) in [6, 6.07) is 6.64. The first kappa shape index (κ1) is 12.2. The summed E-state index contributed by atoms with van der Waals surface area (Å²) in [5.74, 6) is 0. The minimum atomic E-state index is -3.40. The molecule has 1 saturated heterocycles. The lowest BCUT2D eigenvalue weighted by molar-refractivity contribution is 0.477. The van der Waals surface area contributed by atoms with Gasteiger partial charge in [0.2, 0.25) is 10.0 Å². The molecule has 100 valence electrons. The van der Waals surface area contributed by atoms with Crippen molar-refractivity contribution in [2.45, 2.75) is 17.7 Å². The second kappa shape index (κ2) is 4.71. The van der Waals surface area contributed by atoms with E-state index in [0.717, 1.165) is 12.8 Å². The maximum absolute atomic E-state index is 12.4. The van der Waals surface area contributed by atoms with Crippen molar-refractivity contribution in [3.05, 3.63) is 30.6 Å². The Bertz CT molecular complexity index is 662. The van der Waals surface area contributed by atoms with Gasteiger partial charge < -0.3 is 0 Å². The average Bonchev–Trinajstić information content (AvgIpc) is 3.12. The molecule has 1 aliphatic heterocycles. The van der Waals surface area contributed by atoms with Gasteiger partial charge in [-0.25, -0.2) is 13.1 Å². The predicted molar refractivity (Wildman–Crippen MR) is 67.1 cm³/mol. The smallest absolute Gasteiger partial charge is 0.207 e. The molecule has 0 unspecified atom stereocenters. The molecule has 2 aromatic rings. The minimum absolute atomic E-state index is 0.280. The first-order chi connectivity index (χ1) is 9.18. The van der Waals surface area contributed by atoms with Gasteiger partial charge in [0.15, 0.2) is 0 Å². The second-order valence-electron chi connectivity index (χ2n) is 4.36. The predicted octanol–water partition coefficient (Wildman–Crippen LogP) is 0.447. The highest BCUT2D eigenvalue weighted by molar-refractivity contribution is 7.89. The highest BCUT2D eigenvalue weighted by Crippen LogP contribution is 2.22. The molecular formula is C11H13N5O2S. The molecule has 0 saturated carbocycles. The summed E-state index contributed by atoms with van der Waals surface area (Å²) in [6.45, 7) is 1.19. The number of hydrogen-bond donors (Lipinski definition) is 0. The lowest BCUT2D eigenvalue weighted by Gasteiger charge is -2.15. The van der Waals surface area contributed by atoms with E-state index in [1.54, 1.807) is 24.3 Å². The van der Waals surface area contributed by atoms with Crippen molar-refractivity contribution in [3.8, 4) is 5.69 Å². The van der Waals surface area contributed by atoms with Crippen LogP contribution in [0, 0.1) is 0 Å². The standard InChI is InChI=1S/C11H13N5O2S/c17-19(18,15-6-1-2-7-15)11-5-3-4-10(8-11)16-9-12-13-14-16/h3-5,8-9H,1-2,6-7H2. The number of nitrogens with zero attached hydrogens (tertiary/aromatic N) is 5. The van der Waals surface area contributed by atoms with Gasteiger partial charge in [-0.1, -0.05) is 6.07 Å². The average molecular weight is 279 g/mol. The summed E-state index contributed by atoms with van der Waals surface area (Å²) in [5.41, 5.74) is 0.630. The number of aromatic nitrogens is 4. The first-order valence-corrected chi connectivity index (χ1v) is 7.45. The molecule has 1 aliphatic rings. The molecule has 0 amide bonds. The third-order valence-corrected chi connectivity index (χ3v) is 5.03. The zero-order chi connectivity index (χ0) is 13.3. The Hall–Kier alpha value is -1.80. The molecule has 1 fully saturated rings. The van der Waals surface area contributed by atoms with Crippen LogP contribution in [-0.2, 0) is 10.0 Å². The Morgan fingerprint density at radius 1 is 1.16 bits per heavy atom. The van der Waals surface area contributed by atoms with E-state index < -0.39 is 10.0 Å². The van der Waals surface area contributed by atoms with Crippen LogP contribution in [0.3, 0.4) is 0 Å². The second-order valence-corrected chi connectivity index (χ2v) is 6.30. The van der Waals surface area contributed by atoms with Crippen molar-refractivity contribution in [1.29, 1.82) is 0 Å². The molecule has 0 aliphatic carbocycles. The zero-order valence-corrected chi connectivity index (χ0v) is 11.0. The fourth-order valence-electron chi connectivity index (χ4n) is 2.14. The van der Waals surface area contributed by atoms with Crippen molar-refractivity contribution in [1.82, 2.24) is 24.5 Å². The summed E-state index contributed by atoms with van der Waals surface area (Å²) in [7, 11) is -3.40. The van der Waals surface area contributed by atoms with E-state index in [1.165, 1.54) is 15.3 Å². The maximum Gasteiger partial charge on any atom is 0.243 e. The van der Waals surface area contributed by atoms with Crippen LogP contribution in [0.1, 0.15) is 12.8 Å². The van der Waals surface area contributed by atoms with Gasteiger partial charge in [0.25, 0.3) is 0 Å². The largest absolute Gasteiger partial charge is 0.243 e. The van der Waals surface area contributed by atoms with E-state index in [-0.39, 0.29) is 4.90 Å². The van der Waals surface area contributed by atoms with Crippen LogP contribution in [0.2, 0.25) is 0 Å². The molecule has 8 heteroatoms. The molecule has 0 spiro atoms. The van der Waals surface area contributed by atoms with E-state index in [1.807, 2.05) is 0 Å². The van der Waals surface area contributed by atoms with Gasteiger partial charge in [0.1, 0.15) is 6.33 Å². The minimum Gasteiger partial charge on any atom is -0.207 e. The lowest BCUT2D eigenvalue weighted by atomic mass is 10.3. The molecular weight excluding hydrogens is 266 g/mol. The molecule has 19 heavy (non-hydrogen) atoms. The van der Waals surface area contributed by atoms with Crippen molar-refractivity contribution < 1.29 is 8.42 Å². The lowest BCUT2D eigenvalue weighted by Crippen LogP contribution is -2.27. The molecule has 1 aromatic carbocycles. The molecule has 0 bridgehead atoms. The van der Waals surface area contributed by atoms with E-state index in [2.05, 4.69) is 15.5 Å². The van der Waals surface area contributed by atoms with Crippen molar-refractivity contribution in [2.24, 2.45) is 0 Å². The van der Waals surface area contributed by atoms with Crippen LogP contribution in [-0.4, -0.2) is 46.0 Å². The zero-order valence-electron chi connectivity index (χ0n) is 10.2. The molecule has 2 heterocycles. The Kier molecular flexibility index (Phi) is 3.03. The van der Waals surface area contributed by atoms with Crippen molar-refractivity contribution in [2.75, 3.05) is 13.1 Å². The van der Waals surface area contributed by atoms with Crippen molar-refractivity contribution in [3.63, 3.8) is 0 Å². The summed E-state index contributed by atoms with van der Waals surface area (Å²) < 4.78 is 27.8. The summed E-state index contributed by atoms with van der Waals surface area (Å²) in [6.07, 6.45) is 3.28. The first-order valence-electron chi connectivity index (χ1n) is 6.01. The number of rotatable bonds is 3. The highest BCUT2D eigenvalue weighted by Gasteiger charge is 2.27. The number of hydrogen-bond acceptors (Lipinski definition) is 5. The van der Waals surface area contributed by atoms with Gasteiger partial charge in [0.05, 0.1) is 10.6 Å². The summed E-state index contributed by atoms with van der Waals surface area (Å²) in [4.78, 5) is 0.280. The van der Waals surface area contributed by atoms with Crippen LogP contribution >= 0.6 is 0 Å². The Morgan fingerprint density at radius 3 is 2.63 bits per heavy atom. The summed E-state index contributed by atoms with van der Waals surface area (Å²) in [5, 5.41) is 10.8. The van der Waals surface area contributed by atoms with Crippen LogP contribution < -0.4 is 0 Å². The molecule has 0 N–H and O–H groups in total. The summed E-state index contributed by atoms with van der Waals surface area (Å²) >= 11 is 0.